The standard InChI is InChI=1S/C26H17Cl5F3N3O3/c1-11-8-13(36-24(40)26(32,33)34)4-7-19(11)37-22(38)15-10-14(3-6-16(15)27)35-23(39)21-20(25(21,30)31)12-2-5-17(28)18(29)9-12/h2-10,20-21H,1H3,(H,35,39)(H,36,40)(H,37,38)/t20-,21+/m0/s1. The Kier molecular flexibility index (Phi) is 8.55. The van der Waals surface area contributed by atoms with Gasteiger partial charge in [0.25, 0.3) is 5.91 Å². The van der Waals surface area contributed by atoms with Crippen LogP contribution in [0.1, 0.15) is 27.4 Å². The van der Waals surface area contributed by atoms with Crippen LogP contribution in [0.2, 0.25) is 15.1 Å². The van der Waals surface area contributed by atoms with Crippen LogP contribution in [-0.2, 0) is 9.59 Å². The number of hydrogen-bond acceptors (Lipinski definition) is 3. The molecular weight excluding hydrogens is 637 g/mol. The van der Waals surface area contributed by atoms with E-state index in [0.717, 1.165) is 0 Å². The van der Waals surface area contributed by atoms with Crippen molar-refractivity contribution in [1.82, 2.24) is 0 Å². The summed E-state index contributed by atoms with van der Waals surface area (Å²) in [6, 6.07) is 12.9. The van der Waals surface area contributed by atoms with Crippen LogP contribution < -0.4 is 16.0 Å². The molecule has 0 spiro atoms. The molecule has 3 aromatic rings. The molecule has 3 N–H and O–H groups in total. The van der Waals surface area contributed by atoms with E-state index in [1.165, 1.54) is 43.3 Å². The van der Waals surface area contributed by atoms with Gasteiger partial charge in [0.05, 0.1) is 26.5 Å². The molecule has 14 heteroatoms. The molecule has 0 aromatic heterocycles. The Morgan fingerprint density at radius 1 is 0.800 bits per heavy atom. The van der Waals surface area contributed by atoms with E-state index in [0.29, 0.717) is 21.2 Å². The molecule has 0 bridgehead atoms. The van der Waals surface area contributed by atoms with Gasteiger partial charge in [0.1, 0.15) is 4.33 Å². The van der Waals surface area contributed by atoms with Gasteiger partial charge in [0.15, 0.2) is 0 Å². The number of rotatable bonds is 6. The second kappa shape index (κ2) is 11.3. The quantitative estimate of drug-likeness (QED) is 0.234. The van der Waals surface area contributed by atoms with Gasteiger partial charge in [-0.15, -0.1) is 23.2 Å². The van der Waals surface area contributed by atoms with Crippen molar-refractivity contribution in [2.75, 3.05) is 16.0 Å². The van der Waals surface area contributed by atoms with Gasteiger partial charge in [-0.1, -0.05) is 40.9 Å². The molecule has 1 saturated carbocycles. The minimum absolute atomic E-state index is 0.00755. The smallest absolute Gasteiger partial charge is 0.326 e. The van der Waals surface area contributed by atoms with E-state index in [9.17, 15) is 27.6 Å². The summed E-state index contributed by atoms with van der Waals surface area (Å²) in [7, 11) is 0. The molecule has 0 aliphatic heterocycles. The monoisotopic (exact) mass is 651 g/mol. The zero-order valence-electron chi connectivity index (χ0n) is 20.1. The second-order valence-corrected chi connectivity index (χ2v) is 11.6. The summed E-state index contributed by atoms with van der Waals surface area (Å²) in [6.45, 7) is 1.53. The first-order valence-electron chi connectivity index (χ1n) is 11.3. The molecule has 1 aliphatic rings. The highest BCUT2D eigenvalue weighted by atomic mass is 35.5. The van der Waals surface area contributed by atoms with Gasteiger partial charge < -0.3 is 16.0 Å². The molecule has 0 saturated heterocycles. The van der Waals surface area contributed by atoms with Crippen molar-refractivity contribution in [3.8, 4) is 0 Å². The number of nitrogens with one attached hydrogen (secondary N) is 3. The first-order chi connectivity index (χ1) is 18.6. The zero-order valence-corrected chi connectivity index (χ0v) is 23.9. The Morgan fingerprint density at radius 2 is 1.43 bits per heavy atom. The van der Waals surface area contributed by atoms with Crippen molar-refractivity contribution >= 4 is 92.8 Å². The van der Waals surface area contributed by atoms with Gasteiger partial charge in [-0.05, 0) is 66.6 Å². The van der Waals surface area contributed by atoms with E-state index in [4.69, 9.17) is 58.0 Å². The highest BCUT2D eigenvalue weighted by Gasteiger charge is 2.67. The largest absolute Gasteiger partial charge is 0.471 e. The van der Waals surface area contributed by atoms with Crippen LogP contribution >= 0.6 is 58.0 Å². The van der Waals surface area contributed by atoms with Crippen LogP contribution in [0.4, 0.5) is 30.2 Å². The van der Waals surface area contributed by atoms with E-state index in [-0.39, 0.29) is 27.6 Å². The average Bonchev–Trinajstić information content (AvgIpc) is 3.44. The third-order valence-corrected chi connectivity index (χ3v) is 8.12. The maximum atomic E-state index is 13.0. The third kappa shape index (κ3) is 6.44. The summed E-state index contributed by atoms with van der Waals surface area (Å²) >= 11 is 31.1. The topological polar surface area (TPSA) is 87.3 Å². The molecule has 40 heavy (non-hydrogen) atoms. The SMILES string of the molecule is Cc1cc(NC(=O)C(F)(F)F)ccc1NC(=O)c1cc(NC(=O)[C@H]2[C@H](c3ccc(Cl)c(Cl)c3)C2(Cl)Cl)ccc1Cl. The number of anilines is 3. The predicted molar refractivity (Wildman–Crippen MR) is 151 cm³/mol. The lowest BCUT2D eigenvalue weighted by molar-refractivity contribution is -0.167. The van der Waals surface area contributed by atoms with Gasteiger partial charge in [-0.3, -0.25) is 14.4 Å². The highest BCUT2D eigenvalue weighted by molar-refractivity contribution is 6.53. The van der Waals surface area contributed by atoms with Crippen molar-refractivity contribution in [1.29, 1.82) is 0 Å². The van der Waals surface area contributed by atoms with Crippen molar-refractivity contribution < 1.29 is 27.6 Å². The maximum absolute atomic E-state index is 13.0. The lowest BCUT2D eigenvalue weighted by atomic mass is 10.1. The molecule has 1 aliphatic carbocycles. The van der Waals surface area contributed by atoms with Crippen LogP contribution in [-0.4, -0.2) is 28.2 Å². The fourth-order valence-electron chi connectivity index (χ4n) is 4.04. The lowest BCUT2D eigenvalue weighted by Gasteiger charge is -2.13. The molecule has 0 radical (unpaired) electrons. The third-order valence-electron chi connectivity index (χ3n) is 6.11. The first-order valence-corrected chi connectivity index (χ1v) is 13.2. The number of alkyl halides is 5. The predicted octanol–water partition coefficient (Wildman–Crippen LogP) is 8.23. The van der Waals surface area contributed by atoms with E-state index >= 15 is 0 Å². The Hall–Kier alpha value is -2.69. The summed E-state index contributed by atoms with van der Waals surface area (Å²) in [4.78, 5) is 37.2. The molecule has 1 fully saturated rings. The molecule has 3 amide bonds. The van der Waals surface area contributed by atoms with Crippen molar-refractivity contribution in [3.63, 3.8) is 0 Å². The number of halogens is 8. The van der Waals surface area contributed by atoms with E-state index in [1.807, 2.05) is 0 Å². The average molecular weight is 654 g/mol. The van der Waals surface area contributed by atoms with Crippen LogP contribution in [0.25, 0.3) is 0 Å². The molecule has 0 heterocycles. The number of aryl methyl sites for hydroxylation is 1. The molecule has 2 atom stereocenters. The Bertz CT molecular complexity index is 1530. The van der Waals surface area contributed by atoms with Crippen molar-refractivity contribution in [2.24, 2.45) is 5.92 Å². The van der Waals surface area contributed by atoms with Gasteiger partial charge in [0.2, 0.25) is 5.91 Å². The Morgan fingerprint density at radius 3 is 2.05 bits per heavy atom. The van der Waals surface area contributed by atoms with E-state index in [1.54, 1.807) is 23.5 Å². The van der Waals surface area contributed by atoms with Crippen LogP contribution in [0.15, 0.2) is 54.6 Å². The van der Waals surface area contributed by atoms with Crippen LogP contribution in [0, 0.1) is 12.8 Å². The fraction of sp³-hybridized carbons (Fsp3) is 0.192. The first kappa shape index (κ1) is 30.3. The summed E-state index contributed by atoms with van der Waals surface area (Å²) in [5.74, 6) is -4.64. The molecule has 0 unspecified atom stereocenters. The van der Waals surface area contributed by atoms with E-state index < -0.39 is 40.1 Å². The van der Waals surface area contributed by atoms with Gasteiger partial charge in [-0.25, -0.2) is 0 Å². The van der Waals surface area contributed by atoms with E-state index in [2.05, 4.69) is 10.6 Å². The van der Waals surface area contributed by atoms with Crippen LogP contribution in [0.5, 0.6) is 0 Å². The fourth-order valence-corrected chi connectivity index (χ4v) is 5.38. The second-order valence-electron chi connectivity index (χ2n) is 8.92. The molecule has 6 nitrogen and oxygen atoms in total. The number of hydrogen-bond donors (Lipinski definition) is 3. The van der Waals surface area contributed by atoms with Crippen molar-refractivity contribution in [3.05, 3.63) is 86.4 Å². The molecule has 3 aromatic carbocycles. The minimum atomic E-state index is -5.04. The Balaban J connectivity index is 1.46. The highest BCUT2D eigenvalue weighted by Crippen LogP contribution is 2.65. The number of carbonyl (C=O) groups is 3. The maximum Gasteiger partial charge on any atom is 0.471 e. The summed E-state index contributed by atoms with van der Waals surface area (Å²) in [5, 5.41) is 7.74. The number of amides is 3. The van der Waals surface area contributed by atoms with Gasteiger partial charge in [-0.2, -0.15) is 13.2 Å². The van der Waals surface area contributed by atoms with Crippen molar-refractivity contribution in [2.45, 2.75) is 23.4 Å². The Labute approximate surface area is 251 Å². The van der Waals surface area contributed by atoms with Gasteiger partial charge in [0, 0.05) is 23.0 Å². The summed E-state index contributed by atoms with van der Waals surface area (Å²) in [5.41, 5.74) is 1.41. The summed E-state index contributed by atoms with van der Waals surface area (Å²) in [6.07, 6.45) is -5.04. The molecular formula is C26H17Cl5F3N3O3. The normalized spacial score (nSPS) is 17.6. The van der Waals surface area contributed by atoms with Crippen LogP contribution in [0.3, 0.4) is 0 Å². The minimum Gasteiger partial charge on any atom is -0.326 e. The number of benzene rings is 3. The van der Waals surface area contributed by atoms with Gasteiger partial charge >= 0.3 is 12.1 Å². The molecule has 4 rings (SSSR count). The summed E-state index contributed by atoms with van der Waals surface area (Å²) < 4.78 is 36.1. The zero-order chi connectivity index (χ0) is 29.6. The molecule has 210 valence electrons. The number of carbonyl (C=O) groups excluding carboxylic acids is 3. The lowest BCUT2D eigenvalue weighted by Crippen LogP contribution is -2.29.